The highest BCUT2D eigenvalue weighted by Crippen LogP contribution is 2.26. The van der Waals surface area contributed by atoms with E-state index in [0.717, 1.165) is 5.56 Å². The van der Waals surface area contributed by atoms with E-state index >= 15 is 0 Å². The summed E-state index contributed by atoms with van der Waals surface area (Å²) in [5.41, 5.74) is 1.84. The number of hydrogen-bond acceptors (Lipinski definition) is 4. The van der Waals surface area contributed by atoms with Crippen LogP contribution in [0.1, 0.15) is 15.9 Å². The number of pyridine rings is 1. The summed E-state index contributed by atoms with van der Waals surface area (Å²) >= 11 is 6.05. The van der Waals surface area contributed by atoms with E-state index in [1.54, 1.807) is 68.0 Å². The third kappa shape index (κ3) is 4.32. The third-order valence-corrected chi connectivity index (χ3v) is 3.91. The van der Waals surface area contributed by atoms with Crippen LogP contribution in [-0.2, 0) is 6.61 Å². The minimum atomic E-state index is -0.272. The van der Waals surface area contributed by atoms with Gasteiger partial charge in [-0.1, -0.05) is 23.7 Å². The zero-order valence-electron chi connectivity index (χ0n) is 14.1. The van der Waals surface area contributed by atoms with E-state index in [4.69, 9.17) is 21.1 Å². The average Bonchev–Trinajstić information content (AvgIpc) is 2.67. The van der Waals surface area contributed by atoms with Crippen molar-refractivity contribution < 1.29 is 14.3 Å². The van der Waals surface area contributed by atoms with E-state index in [2.05, 4.69) is 10.3 Å². The number of carbonyl (C=O) groups excluding carboxylic acids is 1. The van der Waals surface area contributed by atoms with Gasteiger partial charge in [-0.05, 0) is 42.5 Å². The van der Waals surface area contributed by atoms with Crippen LogP contribution in [0, 0.1) is 0 Å². The number of methoxy groups -OCH3 is 1. The zero-order chi connectivity index (χ0) is 18.4. The SMILES string of the molecule is COc1ccc(Cl)cc1COc1ccccc1C(=O)Nc1cccnc1. The molecule has 3 aromatic rings. The molecule has 0 spiro atoms. The highest BCUT2D eigenvalue weighted by Gasteiger charge is 2.13. The molecule has 0 saturated heterocycles. The van der Waals surface area contributed by atoms with Crippen LogP contribution in [0.5, 0.6) is 11.5 Å². The van der Waals surface area contributed by atoms with Crippen molar-refractivity contribution in [1.29, 1.82) is 0 Å². The number of para-hydroxylation sites is 1. The first-order valence-corrected chi connectivity index (χ1v) is 8.31. The predicted molar refractivity (Wildman–Crippen MR) is 101 cm³/mol. The average molecular weight is 369 g/mol. The second-order valence-electron chi connectivity index (χ2n) is 5.44. The summed E-state index contributed by atoms with van der Waals surface area (Å²) in [7, 11) is 1.59. The summed E-state index contributed by atoms with van der Waals surface area (Å²) in [4.78, 5) is 16.5. The Balaban J connectivity index is 1.77. The maximum Gasteiger partial charge on any atom is 0.259 e. The minimum Gasteiger partial charge on any atom is -0.496 e. The number of nitrogens with one attached hydrogen (secondary N) is 1. The summed E-state index contributed by atoms with van der Waals surface area (Å²) in [5.74, 6) is 0.870. The molecule has 0 aliphatic heterocycles. The molecule has 0 radical (unpaired) electrons. The summed E-state index contributed by atoms with van der Waals surface area (Å²) in [6, 6.07) is 15.9. The fraction of sp³-hybridized carbons (Fsp3) is 0.100. The van der Waals surface area contributed by atoms with Gasteiger partial charge in [-0.3, -0.25) is 9.78 Å². The van der Waals surface area contributed by atoms with Gasteiger partial charge in [0.15, 0.2) is 0 Å². The Bertz CT molecular complexity index is 901. The zero-order valence-corrected chi connectivity index (χ0v) is 14.9. The number of ether oxygens (including phenoxy) is 2. The van der Waals surface area contributed by atoms with Gasteiger partial charge >= 0.3 is 0 Å². The van der Waals surface area contributed by atoms with Gasteiger partial charge in [0.25, 0.3) is 5.91 Å². The van der Waals surface area contributed by atoms with E-state index in [9.17, 15) is 4.79 Å². The van der Waals surface area contributed by atoms with Crippen LogP contribution >= 0.6 is 11.6 Å². The van der Waals surface area contributed by atoms with Crippen LogP contribution in [0.4, 0.5) is 5.69 Å². The Morgan fingerprint density at radius 2 is 1.96 bits per heavy atom. The molecule has 2 aromatic carbocycles. The van der Waals surface area contributed by atoms with Crippen molar-refractivity contribution in [3.8, 4) is 11.5 Å². The molecule has 0 aliphatic carbocycles. The fourth-order valence-corrected chi connectivity index (χ4v) is 2.63. The number of benzene rings is 2. The molecule has 0 saturated carbocycles. The molecule has 1 N–H and O–H groups in total. The lowest BCUT2D eigenvalue weighted by Gasteiger charge is -2.13. The van der Waals surface area contributed by atoms with Crippen molar-refractivity contribution >= 4 is 23.2 Å². The molecule has 0 unspecified atom stereocenters. The van der Waals surface area contributed by atoms with Gasteiger partial charge in [0, 0.05) is 16.8 Å². The van der Waals surface area contributed by atoms with E-state index in [1.165, 1.54) is 0 Å². The number of carbonyl (C=O) groups is 1. The molecule has 1 amide bonds. The van der Waals surface area contributed by atoms with Gasteiger partial charge in [0.1, 0.15) is 18.1 Å². The maximum absolute atomic E-state index is 12.6. The Kier molecular flexibility index (Phi) is 5.71. The molecule has 0 aliphatic rings. The molecule has 0 atom stereocenters. The van der Waals surface area contributed by atoms with Crippen molar-refractivity contribution in [2.45, 2.75) is 6.61 Å². The van der Waals surface area contributed by atoms with Gasteiger partial charge in [-0.15, -0.1) is 0 Å². The Morgan fingerprint density at radius 3 is 2.73 bits per heavy atom. The molecule has 3 rings (SSSR count). The Hall–Kier alpha value is -3.05. The lowest BCUT2D eigenvalue weighted by atomic mass is 10.1. The highest BCUT2D eigenvalue weighted by molar-refractivity contribution is 6.30. The molecule has 6 heteroatoms. The first-order valence-electron chi connectivity index (χ1n) is 7.93. The van der Waals surface area contributed by atoms with Gasteiger partial charge < -0.3 is 14.8 Å². The number of anilines is 1. The summed E-state index contributed by atoms with van der Waals surface area (Å²) in [6.07, 6.45) is 3.23. The second-order valence-corrected chi connectivity index (χ2v) is 5.87. The maximum atomic E-state index is 12.6. The standard InChI is InChI=1S/C20H17ClN2O3/c1-25-18-9-8-15(21)11-14(18)13-26-19-7-3-2-6-17(19)20(24)23-16-5-4-10-22-12-16/h2-12H,13H2,1H3,(H,23,24). The summed E-state index contributed by atoms with van der Waals surface area (Å²) in [5, 5.41) is 3.39. The molecular weight excluding hydrogens is 352 g/mol. The largest absolute Gasteiger partial charge is 0.496 e. The normalized spacial score (nSPS) is 10.2. The lowest BCUT2D eigenvalue weighted by Crippen LogP contribution is -2.13. The number of amides is 1. The Morgan fingerprint density at radius 1 is 1.12 bits per heavy atom. The summed E-state index contributed by atoms with van der Waals surface area (Å²) < 4.78 is 11.2. The predicted octanol–water partition coefficient (Wildman–Crippen LogP) is 4.57. The van der Waals surface area contributed by atoms with Crippen molar-refractivity contribution in [1.82, 2.24) is 4.98 Å². The van der Waals surface area contributed by atoms with E-state index < -0.39 is 0 Å². The van der Waals surface area contributed by atoms with E-state index in [0.29, 0.717) is 27.8 Å². The van der Waals surface area contributed by atoms with Crippen LogP contribution in [0.25, 0.3) is 0 Å². The van der Waals surface area contributed by atoms with Crippen LogP contribution in [0.15, 0.2) is 67.0 Å². The molecule has 1 aromatic heterocycles. The van der Waals surface area contributed by atoms with Crippen molar-refractivity contribution in [2.75, 3.05) is 12.4 Å². The molecular formula is C20H17ClN2O3. The first-order chi connectivity index (χ1) is 12.7. The Labute approximate surface area is 156 Å². The number of hydrogen-bond donors (Lipinski definition) is 1. The summed E-state index contributed by atoms with van der Waals surface area (Å²) in [6.45, 7) is 0.223. The van der Waals surface area contributed by atoms with Gasteiger partial charge in [-0.25, -0.2) is 0 Å². The van der Waals surface area contributed by atoms with Crippen LogP contribution < -0.4 is 14.8 Å². The minimum absolute atomic E-state index is 0.223. The molecule has 5 nitrogen and oxygen atoms in total. The quantitative estimate of drug-likeness (QED) is 0.692. The first kappa shape index (κ1) is 17.8. The third-order valence-electron chi connectivity index (χ3n) is 3.68. The topological polar surface area (TPSA) is 60.5 Å². The molecule has 26 heavy (non-hydrogen) atoms. The smallest absolute Gasteiger partial charge is 0.259 e. The molecule has 0 fully saturated rings. The lowest BCUT2D eigenvalue weighted by molar-refractivity contribution is 0.102. The van der Waals surface area contributed by atoms with Crippen molar-refractivity contribution in [3.05, 3.63) is 83.1 Å². The molecule has 1 heterocycles. The number of rotatable bonds is 6. The number of aromatic nitrogens is 1. The molecule has 132 valence electrons. The van der Waals surface area contributed by atoms with Gasteiger partial charge in [0.05, 0.1) is 24.6 Å². The van der Waals surface area contributed by atoms with E-state index in [-0.39, 0.29) is 12.5 Å². The second kappa shape index (κ2) is 8.36. The monoisotopic (exact) mass is 368 g/mol. The number of nitrogens with zero attached hydrogens (tertiary/aromatic N) is 1. The van der Waals surface area contributed by atoms with Crippen LogP contribution in [0.2, 0.25) is 5.02 Å². The van der Waals surface area contributed by atoms with Crippen LogP contribution in [-0.4, -0.2) is 18.0 Å². The number of halogens is 1. The molecule has 0 bridgehead atoms. The van der Waals surface area contributed by atoms with Crippen molar-refractivity contribution in [2.24, 2.45) is 0 Å². The van der Waals surface area contributed by atoms with E-state index in [1.807, 2.05) is 6.07 Å². The van der Waals surface area contributed by atoms with Crippen LogP contribution in [0.3, 0.4) is 0 Å². The van der Waals surface area contributed by atoms with Gasteiger partial charge in [-0.2, -0.15) is 0 Å². The van der Waals surface area contributed by atoms with Crippen molar-refractivity contribution in [3.63, 3.8) is 0 Å². The highest BCUT2D eigenvalue weighted by atomic mass is 35.5. The van der Waals surface area contributed by atoms with Gasteiger partial charge in [0.2, 0.25) is 0 Å². The fourth-order valence-electron chi connectivity index (χ4n) is 2.43.